The predicted molar refractivity (Wildman–Crippen MR) is 211 cm³/mol. The van der Waals surface area contributed by atoms with Crippen LogP contribution in [0.25, 0.3) is 11.1 Å². The molecular weight excluding hydrogens is 798 g/mol. The van der Waals surface area contributed by atoms with Crippen molar-refractivity contribution < 1.29 is 33.5 Å². The zero-order chi connectivity index (χ0) is 40.0. The summed E-state index contributed by atoms with van der Waals surface area (Å²) >= 11 is 3.32. The van der Waals surface area contributed by atoms with E-state index in [4.69, 9.17) is 19.5 Å². The first kappa shape index (κ1) is 40.5. The summed E-state index contributed by atoms with van der Waals surface area (Å²) < 4.78 is 26.2. The Labute approximate surface area is 336 Å². The van der Waals surface area contributed by atoms with Crippen LogP contribution in [0.15, 0.2) is 133 Å². The van der Waals surface area contributed by atoms with Crippen LogP contribution in [0.4, 0.5) is 4.39 Å². The molecule has 2 amide bonds. The quantitative estimate of drug-likeness (QED) is 0.193. The van der Waals surface area contributed by atoms with Gasteiger partial charge in [0.05, 0.1) is 50.4 Å². The molecule has 6 aromatic rings. The molecule has 0 spiro atoms. The summed E-state index contributed by atoms with van der Waals surface area (Å²) in [6.07, 6.45) is 13.2. The number of benzene rings is 2. The number of carbonyl (C=O) groups excluding carboxylic acids is 2. The normalized spacial score (nSPS) is 13.4. The second-order valence-electron chi connectivity index (χ2n) is 12.8. The van der Waals surface area contributed by atoms with Crippen LogP contribution in [0.3, 0.4) is 0 Å². The number of hydrogen-bond acceptors (Lipinski definition) is 12. The van der Waals surface area contributed by atoms with Gasteiger partial charge in [0, 0.05) is 77.3 Å². The molecule has 2 aliphatic heterocycles. The Kier molecular flexibility index (Phi) is 14.3. The molecule has 57 heavy (non-hydrogen) atoms. The molecule has 0 bridgehead atoms. The number of aromatic nitrogens is 6. The van der Waals surface area contributed by atoms with Crippen molar-refractivity contribution in [3.8, 4) is 22.9 Å². The summed E-state index contributed by atoms with van der Waals surface area (Å²) in [5.41, 5.74) is 3.05. The van der Waals surface area contributed by atoms with Crippen LogP contribution < -0.4 is 14.9 Å². The third-order valence-electron chi connectivity index (χ3n) is 8.59. The number of ether oxygens (including phenoxy) is 2. The van der Waals surface area contributed by atoms with E-state index < -0.39 is 7.12 Å². The zero-order valence-corrected chi connectivity index (χ0v) is 32.0. The smallest absolute Gasteiger partial charge is 0.471 e. The maximum Gasteiger partial charge on any atom is 0.488 e. The van der Waals surface area contributed by atoms with Gasteiger partial charge in [-0.25, -0.2) is 14.4 Å². The Hall–Kier alpha value is -6.17. The Morgan fingerprint density at radius 2 is 1.19 bits per heavy atom. The molecule has 17 heteroatoms. The topological polar surface area (TPSA) is 177 Å². The minimum atomic E-state index is -1.34. The standard InChI is InChI=1S/C20H17FN4O2.C14H13BrN4O2.C6H7BO2/c21-18-4-2-1-3-17(18)14-5-6-19(24-10-14)27-16-12-25(13-16)20(26)9-15-11-22-7-8-23-15;15-10-1-2-13(18-6-10)21-12-8-19(9-12)14(20)5-11-7-16-3-4-17-11;8-7(9)6-4-2-1-3-5-6/h1-8,10-11,16H,9,12-13H2;1-4,6-7,12H,5,8-9H2;1-5,8-9H. The van der Waals surface area contributed by atoms with Gasteiger partial charge in [0.25, 0.3) is 0 Å². The maximum atomic E-state index is 13.8. The van der Waals surface area contributed by atoms with E-state index in [9.17, 15) is 14.0 Å². The maximum absolute atomic E-state index is 13.8. The van der Waals surface area contributed by atoms with E-state index in [1.807, 2.05) is 12.1 Å². The lowest BCUT2D eigenvalue weighted by molar-refractivity contribution is -0.140. The van der Waals surface area contributed by atoms with Crippen LogP contribution in [0.1, 0.15) is 11.4 Å². The monoisotopic (exact) mass is 834 g/mol. The van der Waals surface area contributed by atoms with Gasteiger partial charge >= 0.3 is 7.12 Å². The minimum absolute atomic E-state index is 0.00166. The first-order valence-electron chi connectivity index (χ1n) is 17.8. The Morgan fingerprint density at radius 1 is 0.667 bits per heavy atom. The predicted octanol–water partition coefficient (Wildman–Crippen LogP) is 3.34. The van der Waals surface area contributed by atoms with Crippen LogP contribution in [0, 0.1) is 5.82 Å². The van der Waals surface area contributed by atoms with Gasteiger partial charge in [0.2, 0.25) is 23.6 Å². The van der Waals surface area contributed by atoms with Gasteiger partial charge < -0.3 is 29.3 Å². The number of rotatable bonds is 10. The molecule has 0 saturated carbocycles. The lowest BCUT2D eigenvalue weighted by Crippen LogP contribution is -2.56. The Bertz CT molecular complexity index is 2170. The van der Waals surface area contributed by atoms with Gasteiger partial charge in [-0.3, -0.25) is 29.5 Å². The van der Waals surface area contributed by atoms with E-state index in [1.54, 1.807) is 120 Å². The summed E-state index contributed by atoms with van der Waals surface area (Å²) in [6.45, 7) is 2.18. The highest BCUT2D eigenvalue weighted by Gasteiger charge is 2.33. The molecule has 2 N–H and O–H groups in total. The van der Waals surface area contributed by atoms with Gasteiger partial charge in [0.1, 0.15) is 18.0 Å². The van der Waals surface area contributed by atoms with E-state index in [0.717, 1.165) is 4.47 Å². The van der Waals surface area contributed by atoms with Crippen molar-refractivity contribution in [1.29, 1.82) is 0 Å². The molecule has 6 heterocycles. The van der Waals surface area contributed by atoms with Gasteiger partial charge in [-0.15, -0.1) is 0 Å². The highest BCUT2D eigenvalue weighted by atomic mass is 79.9. The molecule has 14 nitrogen and oxygen atoms in total. The van der Waals surface area contributed by atoms with Crippen LogP contribution in [-0.4, -0.2) is 107 Å². The number of amides is 2. The largest absolute Gasteiger partial charge is 0.488 e. The first-order valence-corrected chi connectivity index (χ1v) is 18.6. The number of halogens is 2. The number of hydrogen-bond donors (Lipinski definition) is 2. The Morgan fingerprint density at radius 3 is 1.63 bits per heavy atom. The molecule has 0 unspecified atom stereocenters. The Balaban J connectivity index is 0.000000162. The van der Waals surface area contributed by atoms with Crippen LogP contribution in [0.2, 0.25) is 0 Å². The highest BCUT2D eigenvalue weighted by molar-refractivity contribution is 9.10. The first-order chi connectivity index (χ1) is 27.7. The summed E-state index contributed by atoms with van der Waals surface area (Å²) in [5.74, 6) is 0.784. The molecule has 4 aromatic heterocycles. The van der Waals surface area contributed by atoms with E-state index in [2.05, 4.69) is 45.8 Å². The van der Waals surface area contributed by atoms with E-state index in [-0.39, 0.29) is 42.7 Å². The zero-order valence-electron chi connectivity index (χ0n) is 30.5. The molecule has 2 fully saturated rings. The average Bonchev–Trinajstić information content (AvgIpc) is 3.20. The highest BCUT2D eigenvalue weighted by Crippen LogP contribution is 2.24. The number of nitrogens with zero attached hydrogens (tertiary/aromatic N) is 8. The number of pyridine rings is 2. The van der Waals surface area contributed by atoms with Crippen molar-refractivity contribution in [2.45, 2.75) is 25.0 Å². The van der Waals surface area contributed by atoms with E-state index in [1.165, 1.54) is 6.07 Å². The lowest BCUT2D eigenvalue weighted by atomic mass is 9.81. The van der Waals surface area contributed by atoms with Crippen molar-refractivity contribution in [3.63, 3.8) is 0 Å². The lowest BCUT2D eigenvalue weighted by Gasteiger charge is -2.38. The third kappa shape index (κ3) is 12.2. The van der Waals surface area contributed by atoms with E-state index in [0.29, 0.717) is 65.9 Å². The second kappa shape index (κ2) is 20.1. The molecule has 2 saturated heterocycles. The number of carbonyl (C=O) groups is 2. The minimum Gasteiger partial charge on any atom is -0.471 e. The van der Waals surface area contributed by atoms with Crippen molar-refractivity contribution in [1.82, 2.24) is 39.7 Å². The van der Waals surface area contributed by atoms with Gasteiger partial charge in [-0.05, 0) is 39.6 Å². The third-order valence-corrected chi connectivity index (χ3v) is 9.06. The van der Waals surface area contributed by atoms with Gasteiger partial charge in [-0.2, -0.15) is 0 Å². The van der Waals surface area contributed by atoms with Crippen molar-refractivity contribution in [2.24, 2.45) is 0 Å². The van der Waals surface area contributed by atoms with Gasteiger partial charge in [0.15, 0.2) is 0 Å². The van der Waals surface area contributed by atoms with Crippen molar-refractivity contribution in [2.75, 3.05) is 26.2 Å². The molecule has 2 aliphatic rings. The molecule has 2 aromatic carbocycles. The molecular formula is C40H37BBrFN8O6. The average molecular weight is 836 g/mol. The molecule has 0 radical (unpaired) electrons. The fourth-order valence-electron chi connectivity index (χ4n) is 5.51. The second-order valence-corrected chi connectivity index (χ2v) is 13.7. The summed E-state index contributed by atoms with van der Waals surface area (Å²) in [4.78, 5) is 52.2. The summed E-state index contributed by atoms with van der Waals surface area (Å²) in [7, 11) is -1.34. The summed E-state index contributed by atoms with van der Waals surface area (Å²) in [5, 5.41) is 17.2. The molecule has 0 aliphatic carbocycles. The van der Waals surface area contributed by atoms with Crippen LogP contribution in [0.5, 0.6) is 11.8 Å². The summed E-state index contributed by atoms with van der Waals surface area (Å²) in [6, 6.07) is 22.4. The van der Waals surface area contributed by atoms with Crippen LogP contribution in [-0.2, 0) is 22.4 Å². The molecule has 290 valence electrons. The van der Waals surface area contributed by atoms with Crippen LogP contribution >= 0.6 is 15.9 Å². The fourth-order valence-corrected chi connectivity index (χ4v) is 5.75. The van der Waals surface area contributed by atoms with Gasteiger partial charge in [-0.1, -0.05) is 48.5 Å². The fraction of sp³-hybridized carbons (Fsp3) is 0.200. The van der Waals surface area contributed by atoms with Crippen molar-refractivity contribution >= 4 is 40.3 Å². The number of likely N-dealkylation sites (tertiary alicyclic amines) is 2. The van der Waals surface area contributed by atoms with E-state index >= 15 is 0 Å². The molecule has 0 atom stereocenters. The molecule has 8 rings (SSSR count). The van der Waals surface area contributed by atoms with Crippen molar-refractivity contribution in [3.05, 3.63) is 150 Å². The SMILES string of the molecule is O=C(Cc1cnccn1)N1CC(Oc2ccc(-c3ccccc3F)cn2)C1.O=C(Cc1cnccn1)N1CC(Oc2ccc(Br)cn2)C1.OB(O)c1ccccc1.